The molecular weight excluding hydrogens is 238 g/mol. The topological polar surface area (TPSA) is 50.1 Å². The highest BCUT2D eigenvalue weighted by molar-refractivity contribution is 5.89. The van der Waals surface area contributed by atoms with E-state index in [9.17, 15) is 10.1 Å². The van der Waals surface area contributed by atoms with Crippen molar-refractivity contribution in [2.75, 3.05) is 7.11 Å². The van der Waals surface area contributed by atoms with Gasteiger partial charge < -0.3 is 4.74 Å². The van der Waals surface area contributed by atoms with Crippen molar-refractivity contribution in [3.63, 3.8) is 0 Å². The number of ether oxygens (including phenoxy) is 1. The zero-order chi connectivity index (χ0) is 13.8. The minimum Gasteiger partial charge on any atom is -0.496 e. The first kappa shape index (κ1) is 13.6. The Bertz CT molecular complexity index is 512. The molecule has 0 N–H and O–H groups in total. The molecule has 3 heteroatoms. The fraction of sp³-hybridized carbons (Fsp3) is 0.500. The molecule has 0 amide bonds. The van der Waals surface area contributed by atoms with Gasteiger partial charge in [0.2, 0.25) is 0 Å². The van der Waals surface area contributed by atoms with Crippen molar-refractivity contribution in [1.29, 1.82) is 5.26 Å². The molecule has 1 atom stereocenters. The number of ketones is 1. The number of aryl methyl sites for hydroxylation is 1. The van der Waals surface area contributed by atoms with E-state index in [0.717, 1.165) is 18.4 Å². The molecule has 3 nitrogen and oxygen atoms in total. The molecule has 0 spiro atoms. The van der Waals surface area contributed by atoms with Gasteiger partial charge in [-0.3, -0.25) is 4.79 Å². The van der Waals surface area contributed by atoms with Gasteiger partial charge in [0.25, 0.3) is 0 Å². The second-order valence-corrected chi connectivity index (χ2v) is 5.27. The summed E-state index contributed by atoms with van der Waals surface area (Å²) in [6.45, 7) is 1.95. The molecule has 0 aromatic heterocycles. The molecule has 0 radical (unpaired) electrons. The van der Waals surface area contributed by atoms with Gasteiger partial charge in [0.1, 0.15) is 11.7 Å². The number of carbonyl (C=O) groups is 1. The van der Waals surface area contributed by atoms with Crippen molar-refractivity contribution in [1.82, 2.24) is 0 Å². The van der Waals surface area contributed by atoms with E-state index in [1.807, 2.05) is 25.1 Å². The third-order valence-electron chi connectivity index (χ3n) is 3.86. The lowest BCUT2D eigenvalue weighted by molar-refractivity contribution is -0.120. The lowest BCUT2D eigenvalue weighted by Gasteiger charge is -2.25. The second kappa shape index (κ2) is 5.88. The van der Waals surface area contributed by atoms with Gasteiger partial charge in [0, 0.05) is 12.0 Å². The molecule has 1 aromatic rings. The second-order valence-electron chi connectivity index (χ2n) is 5.27. The van der Waals surface area contributed by atoms with Crippen LogP contribution in [0.3, 0.4) is 0 Å². The molecule has 0 bridgehead atoms. The zero-order valence-electron chi connectivity index (χ0n) is 11.5. The quantitative estimate of drug-likeness (QED) is 0.812. The maximum absolute atomic E-state index is 12.3. The van der Waals surface area contributed by atoms with Crippen molar-refractivity contribution in [2.45, 2.75) is 38.5 Å². The van der Waals surface area contributed by atoms with E-state index >= 15 is 0 Å². The highest BCUT2D eigenvalue weighted by atomic mass is 16.5. The summed E-state index contributed by atoms with van der Waals surface area (Å²) in [6.07, 6.45) is 3.97. The molecule has 0 aliphatic heterocycles. The predicted molar refractivity (Wildman–Crippen MR) is 73.1 cm³/mol. The fourth-order valence-electron chi connectivity index (χ4n) is 2.49. The maximum atomic E-state index is 12.3. The molecule has 0 saturated heterocycles. The summed E-state index contributed by atoms with van der Waals surface area (Å²) < 4.78 is 5.28. The molecule has 1 aliphatic carbocycles. The van der Waals surface area contributed by atoms with Crippen molar-refractivity contribution in [2.24, 2.45) is 5.92 Å². The minimum atomic E-state index is -0.699. The van der Waals surface area contributed by atoms with Crippen LogP contribution in [0, 0.1) is 24.2 Å². The van der Waals surface area contributed by atoms with E-state index in [4.69, 9.17) is 4.74 Å². The third kappa shape index (κ3) is 2.96. The van der Waals surface area contributed by atoms with Crippen LogP contribution in [0.2, 0.25) is 0 Å². The van der Waals surface area contributed by atoms with Crippen LogP contribution in [-0.2, 0) is 4.79 Å². The average Bonchev–Trinajstić information content (AvgIpc) is 2.35. The third-order valence-corrected chi connectivity index (χ3v) is 3.86. The van der Waals surface area contributed by atoms with Gasteiger partial charge in [-0.05, 0) is 18.9 Å². The summed E-state index contributed by atoms with van der Waals surface area (Å²) in [5.41, 5.74) is 1.74. The predicted octanol–water partition coefficient (Wildman–Crippen LogP) is 3.37. The van der Waals surface area contributed by atoms with Gasteiger partial charge in [-0.1, -0.05) is 37.0 Å². The summed E-state index contributed by atoms with van der Waals surface area (Å²) in [4.78, 5) is 12.3. The highest BCUT2D eigenvalue weighted by Crippen LogP contribution is 2.34. The number of benzene rings is 1. The number of rotatable bonds is 5. The number of nitriles is 1. The molecule has 100 valence electrons. The monoisotopic (exact) mass is 257 g/mol. The molecule has 0 heterocycles. The smallest absolute Gasteiger partial charge is 0.154 e. The molecule has 1 aromatic carbocycles. The minimum absolute atomic E-state index is 0.0242. The van der Waals surface area contributed by atoms with Crippen LogP contribution in [0.15, 0.2) is 18.2 Å². The van der Waals surface area contributed by atoms with Crippen LogP contribution in [0.4, 0.5) is 0 Å². The molecule has 2 rings (SSSR count). The summed E-state index contributed by atoms with van der Waals surface area (Å²) >= 11 is 0. The van der Waals surface area contributed by atoms with E-state index in [2.05, 4.69) is 6.07 Å². The van der Waals surface area contributed by atoms with Crippen LogP contribution in [-0.4, -0.2) is 12.9 Å². The summed E-state index contributed by atoms with van der Waals surface area (Å²) in [6, 6.07) is 7.77. The Labute approximate surface area is 114 Å². The SMILES string of the molecule is COc1ccc(C)cc1C(C#N)C(=O)CC1CCC1. The Morgan fingerprint density at radius 3 is 2.79 bits per heavy atom. The Kier molecular flexibility index (Phi) is 4.21. The van der Waals surface area contributed by atoms with E-state index in [1.54, 1.807) is 7.11 Å². The summed E-state index contributed by atoms with van der Waals surface area (Å²) in [7, 11) is 1.57. The van der Waals surface area contributed by atoms with Crippen molar-refractivity contribution in [3.8, 4) is 11.8 Å². The van der Waals surface area contributed by atoms with Crippen molar-refractivity contribution >= 4 is 5.78 Å². The van der Waals surface area contributed by atoms with Crippen LogP contribution in [0.1, 0.15) is 42.7 Å². The molecule has 1 fully saturated rings. The molecular formula is C16H19NO2. The van der Waals surface area contributed by atoms with Gasteiger partial charge in [-0.25, -0.2) is 0 Å². The molecule has 1 saturated carbocycles. The van der Waals surface area contributed by atoms with Crippen molar-refractivity contribution in [3.05, 3.63) is 29.3 Å². The van der Waals surface area contributed by atoms with Gasteiger partial charge >= 0.3 is 0 Å². The van der Waals surface area contributed by atoms with Gasteiger partial charge in [-0.2, -0.15) is 5.26 Å². The first-order chi connectivity index (χ1) is 9.15. The lowest BCUT2D eigenvalue weighted by Crippen LogP contribution is -2.20. The van der Waals surface area contributed by atoms with Gasteiger partial charge in [0.05, 0.1) is 13.2 Å². The lowest BCUT2D eigenvalue weighted by atomic mass is 9.79. The van der Waals surface area contributed by atoms with Crippen LogP contribution >= 0.6 is 0 Å². The van der Waals surface area contributed by atoms with Crippen LogP contribution in [0.25, 0.3) is 0 Å². The van der Waals surface area contributed by atoms with Gasteiger partial charge in [0.15, 0.2) is 5.78 Å². The zero-order valence-corrected chi connectivity index (χ0v) is 11.5. The van der Waals surface area contributed by atoms with Gasteiger partial charge in [-0.15, -0.1) is 0 Å². The van der Waals surface area contributed by atoms with E-state index in [0.29, 0.717) is 23.7 Å². The van der Waals surface area contributed by atoms with Crippen LogP contribution < -0.4 is 4.74 Å². The Balaban J connectivity index is 2.23. The Morgan fingerprint density at radius 2 is 2.26 bits per heavy atom. The fourth-order valence-corrected chi connectivity index (χ4v) is 2.49. The Morgan fingerprint density at radius 1 is 1.53 bits per heavy atom. The number of Topliss-reactive ketones (excluding diaryl/α,β-unsaturated/α-hetero) is 1. The van der Waals surface area contributed by atoms with E-state index < -0.39 is 5.92 Å². The summed E-state index contributed by atoms with van der Waals surface area (Å²) in [5.74, 6) is 0.435. The standard InChI is InChI=1S/C16H19NO2/c1-11-6-7-16(19-2)13(8-11)14(10-17)15(18)9-12-4-3-5-12/h6-8,12,14H,3-5,9H2,1-2H3. The molecule has 1 unspecified atom stereocenters. The average molecular weight is 257 g/mol. The molecule has 19 heavy (non-hydrogen) atoms. The Hall–Kier alpha value is -1.82. The number of methoxy groups -OCH3 is 1. The normalized spacial score (nSPS) is 16.3. The highest BCUT2D eigenvalue weighted by Gasteiger charge is 2.28. The number of hydrogen-bond donors (Lipinski definition) is 0. The van der Waals surface area contributed by atoms with E-state index in [-0.39, 0.29) is 5.78 Å². The van der Waals surface area contributed by atoms with E-state index in [1.165, 1.54) is 6.42 Å². The number of nitrogens with zero attached hydrogens (tertiary/aromatic N) is 1. The van der Waals surface area contributed by atoms with Crippen molar-refractivity contribution < 1.29 is 9.53 Å². The maximum Gasteiger partial charge on any atom is 0.154 e. The first-order valence-corrected chi connectivity index (χ1v) is 6.72. The molecule has 1 aliphatic rings. The number of carbonyl (C=O) groups excluding carboxylic acids is 1. The largest absolute Gasteiger partial charge is 0.496 e. The number of hydrogen-bond acceptors (Lipinski definition) is 3. The first-order valence-electron chi connectivity index (χ1n) is 6.72. The van der Waals surface area contributed by atoms with Crippen LogP contribution in [0.5, 0.6) is 5.75 Å². The summed E-state index contributed by atoms with van der Waals surface area (Å²) in [5, 5.41) is 9.34.